The van der Waals surface area contributed by atoms with E-state index >= 15 is 0 Å². The number of carbonyl (C=O) groups excluding carboxylic acids is 1. The van der Waals surface area contributed by atoms with Gasteiger partial charge in [0.05, 0.1) is 51.4 Å². The molecule has 0 aliphatic carbocycles. The van der Waals surface area contributed by atoms with Gasteiger partial charge in [0.2, 0.25) is 0 Å². The molecular weight excluding hydrogens is 729 g/mol. The second kappa shape index (κ2) is 18.7. The molecule has 2 aliphatic rings. The summed E-state index contributed by atoms with van der Waals surface area (Å²) < 4.78 is 20.7. The summed E-state index contributed by atoms with van der Waals surface area (Å²) in [6.45, 7) is 6.39. The number of esters is 1. The smallest absolute Gasteiger partial charge is 0.338 e. The van der Waals surface area contributed by atoms with Gasteiger partial charge in [-0.25, -0.2) is 14.8 Å². The number of hydrogen-bond acceptors (Lipinski definition) is 11. The molecule has 4 aromatic carbocycles. The molecular formula is C44H50N4O5S2. The molecule has 6 aromatic rings. The number of aliphatic hydroxyl groups is 1. The van der Waals surface area contributed by atoms with Crippen LogP contribution in [0.25, 0.3) is 20.4 Å². The quantitative estimate of drug-likeness (QED) is 0.130. The van der Waals surface area contributed by atoms with E-state index < -0.39 is 0 Å². The first-order chi connectivity index (χ1) is 26.9. The van der Waals surface area contributed by atoms with Gasteiger partial charge in [-0.3, -0.25) is 0 Å². The molecule has 9 nitrogen and oxygen atoms in total. The summed E-state index contributed by atoms with van der Waals surface area (Å²) in [5.74, 6) is -0.309. The van der Waals surface area contributed by atoms with Crippen molar-refractivity contribution in [3.63, 3.8) is 0 Å². The lowest BCUT2D eigenvalue weighted by molar-refractivity contribution is -0.0235. The molecule has 0 amide bonds. The number of carbonyl (C=O) groups is 1. The first kappa shape index (κ1) is 39.2. The minimum absolute atomic E-state index is 0.0363. The Hall–Kier alpha value is -4.07. The summed E-state index contributed by atoms with van der Waals surface area (Å²) in [5, 5.41) is 11.4. The lowest BCUT2D eigenvalue weighted by Crippen LogP contribution is -2.35. The predicted octanol–water partition coefficient (Wildman–Crippen LogP) is 8.66. The van der Waals surface area contributed by atoms with Gasteiger partial charge in [0.1, 0.15) is 22.2 Å². The molecule has 1 N–H and O–H groups in total. The molecule has 4 heterocycles. The highest BCUT2D eigenvalue weighted by molar-refractivity contribution is 7.19. The molecule has 8 rings (SSSR count). The zero-order chi connectivity index (χ0) is 38.1. The summed E-state index contributed by atoms with van der Waals surface area (Å²) in [5.41, 5.74) is 5.44. The van der Waals surface area contributed by atoms with Gasteiger partial charge < -0.3 is 29.1 Å². The van der Waals surface area contributed by atoms with Gasteiger partial charge in [0.25, 0.3) is 0 Å². The average Bonchev–Trinajstić information content (AvgIpc) is 3.86. The molecule has 2 aliphatic heterocycles. The van der Waals surface area contributed by atoms with Crippen LogP contribution in [0.4, 0.5) is 0 Å². The Labute approximate surface area is 331 Å². The number of nitrogens with zero attached hydrogens (tertiary/aromatic N) is 4. The topological polar surface area (TPSA) is 97.3 Å². The van der Waals surface area contributed by atoms with Gasteiger partial charge in [-0.05, 0) is 99.8 Å². The van der Waals surface area contributed by atoms with Crippen molar-refractivity contribution < 1.29 is 24.1 Å². The average molecular weight is 779 g/mol. The van der Waals surface area contributed by atoms with Crippen molar-refractivity contribution in [3.05, 3.63) is 129 Å². The summed E-state index contributed by atoms with van der Waals surface area (Å²) in [6.07, 6.45) is 4.00. The van der Waals surface area contributed by atoms with Crippen LogP contribution in [0.1, 0.15) is 81.9 Å². The number of thiazole rings is 2. The minimum Gasteiger partial charge on any atom is -0.462 e. The highest BCUT2D eigenvalue weighted by Crippen LogP contribution is 2.37. The third kappa shape index (κ3) is 10.0. The normalized spacial score (nSPS) is 17.2. The SMILES string of the molecule is CCOC(=O)c1cccc(C(OC2CCN(C)CC2)c2nc3ccccc3s2)c1.CN1CCC(OC(c2cccc(CO)c2)c2nc3ccccc3s2)CC1. The number of rotatable bonds is 11. The van der Waals surface area contributed by atoms with E-state index in [1.54, 1.807) is 28.7 Å². The molecule has 55 heavy (non-hydrogen) atoms. The number of hydrogen-bond donors (Lipinski definition) is 1. The monoisotopic (exact) mass is 778 g/mol. The number of likely N-dealkylation sites (tertiary alicyclic amines) is 2. The third-order valence-corrected chi connectivity index (χ3v) is 12.4. The van der Waals surface area contributed by atoms with Gasteiger partial charge in [0.15, 0.2) is 0 Å². The van der Waals surface area contributed by atoms with Crippen molar-refractivity contribution in [1.82, 2.24) is 19.8 Å². The molecule has 11 heteroatoms. The van der Waals surface area contributed by atoms with Crippen molar-refractivity contribution in [2.24, 2.45) is 0 Å². The Morgan fingerprint density at radius 3 is 1.69 bits per heavy atom. The van der Waals surface area contributed by atoms with Crippen molar-refractivity contribution in [2.75, 3.05) is 46.9 Å². The molecule has 0 radical (unpaired) electrons. The van der Waals surface area contributed by atoms with Gasteiger partial charge >= 0.3 is 5.97 Å². The van der Waals surface area contributed by atoms with Crippen LogP contribution in [0.15, 0.2) is 97.1 Å². The van der Waals surface area contributed by atoms with Crippen molar-refractivity contribution >= 4 is 49.1 Å². The first-order valence-corrected chi connectivity index (χ1v) is 20.9. The molecule has 2 fully saturated rings. The highest BCUT2D eigenvalue weighted by atomic mass is 32.1. The Kier molecular flexibility index (Phi) is 13.3. The second-order valence-electron chi connectivity index (χ2n) is 14.3. The number of aromatic nitrogens is 2. The standard InChI is InChI=1S/C23H26N2O3S.C21H24N2O2S/c1-3-27-23(26)17-8-6-7-16(15-17)21(28-18-11-13-25(2)14-12-18)22-24-19-9-4-5-10-20(19)29-22;1-23-11-9-17(10-12-23)25-20(16-6-4-5-15(13-16)14-24)21-22-18-7-2-3-8-19(18)26-21/h4-10,15,18,21H,3,11-14H2,1-2H3;2-8,13,17,20,24H,9-12,14H2,1H3. The number of aliphatic hydroxyl groups excluding tert-OH is 1. The Balaban J connectivity index is 0.000000170. The second-order valence-corrected chi connectivity index (χ2v) is 16.5. The van der Waals surface area contributed by atoms with Crippen LogP contribution in [0.5, 0.6) is 0 Å². The van der Waals surface area contributed by atoms with Gasteiger partial charge in [-0.1, -0.05) is 60.7 Å². The number of piperidine rings is 2. The number of para-hydroxylation sites is 2. The number of benzene rings is 4. The zero-order valence-corrected chi connectivity index (χ0v) is 33.4. The molecule has 2 unspecified atom stereocenters. The molecule has 0 bridgehead atoms. The van der Waals surface area contributed by atoms with E-state index in [9.17, 15) is 9.90 Å². The molecule has 2 atom stereocenters. The molecule has 288 valence electrons. The van der Waals surface area contributed by atoms with E-state index in [0.717, 1.165) is 94.3 Å². The number of ether oxygens (including phenoxy) is 3. The molecule has 2 aromatic heterocycles. The van der Waals surface area contributed by atoms with Crippen molar-refractivity contribution in [2.45, 2.75) is 63.6 Å². The van der Waals surface area contributed by atoms with Gasteiger partial charge in [-0.15, -0.1) is 22.7 Å². The minimum atomic E-state index is -0.309. The van der Waals surface area contributed by atoms with E-state index in [1.807, 2.05) is 79.7 Å². The van der Waals surface area contributed by atoms with E-state index in [1.165, 1.54) is 4.70 Å². The van der Waals surface area contributed by atoms with E-state index in [-0.39, 0.29) is 37.0 Å². The van der Waals surface area contributed by atoms with E-state index in [2.05, 4.69) is 42.1 Å². The van der Waals surface area contributed by atoms with Crippen LogP contribution in [0.2, 0.25) is 0 Å². The molecule has 0 saturated carbocycles. The van der Waals surface area contributed by atoms with Crippen LogP contribution >= 0.6 is 22.7 Å². The van der Waals surface area contributed by atoms with Crippen LogP contribution in [-0.4, -0.2) is 89.9 Å². The predicted molar refractivity (Wildman–Crippen MR) is 221 cm³/mol. The summed E-state index contributed by atoms with van der Waals surface area (Å²) >= 11 is 3.34. The Morgan fingerprint density at radius 2 is 1.20 bits per heavy atom. The van der Waals surface area contributed by atoms with Gasteiger partial charge in [0, 0.05) is 26.2 Å². The van der Waals surface area contributed by atoms with Crippen molar-refractivity contribution in [1.29, 1.82) is 0 Å². The van der Waals surface area contributed by atoms with Crippen LogP contribution in [0, 0.1) is 0 Å². The fraction of sp³-hybridized carbons (Fsp3) is 0.386. The number of fused-ring (bicyclic) bond motifs is 2. The fourth-order valence-corrected chi connectivity index (χ4v) is 9.15. The largest absolute Gasteiger partial charge is 0.462 e. The maximum absolute atomic E-state index is 12.2. The maximum Gasteiger partial charge on any atom is 0.338 e. The summed E-state index contributed by atoms with van der Waals surface area (Å²) in [7, 11) is 4.30. The molecule has 0 spiro atoms. The zero-order valence-electron chi connectivity index (χ0n) is 31.8. The Bertz CT molecular complexity index is 2090. The van der Waals surface area contributed by atoms with Crippen molar-refractivity contribution in [3.8, 4) is 0 Å². The fourth-order valence-electron chi connectivity index (χ4n) is 7.09. The lowest BCUT2D eigenvalue weighted by atomic mass is 10.0. The first-order valence-electron chi connectivity index (χ1n) is 19.2. The summed E-state index contributed by atoms with van der Waals surface area (Å²) in [4.78, 5) is 26.6. The van der Waals surface area contributed by atoms with E-state index in [0.29, 0.717) is 12.2 Å². The van der Waals surface area contributed by atoms with Crippen LogP contribution in [0.3, 0.4) is 0 Å². The Morgan fingerprint density at radius 1 is 0.709 bits per heavy atom. The maximum atomic E-state index is 12.2. The highest BCUT2D eigenvalue weighted by Gasteiger charge is 2.28. The van der Waals surface area contributed by atoms with E-state index in [4.69, 9.17) is 24.2 Å². The molecule has 2 saturated heterocycles. The van der Waals surface area contributed by atoms with Gasteiger partial charge in [-0.2, -0.15) is 0 Å². The van der Waals surface area contributed by atoms with Crippen LogP contribution in [-0.2, 0) is 20.8 Å². The third-order valence-electron chi connectivity index (χ3n) is 10.2. The van der Waals surface area contributed by atoms with Crippen LogP contribution < -0.4 is 0 Å². The lowest BCUT2D eigenvalue weighted by Gasteiger charge is -2.31. The summed E-state index contributed by atoms with van der Waals surface area (Å²) in [6, 6.07) is 31.9.